The van der Waals surface area contributed by atoms with Gasteiger partial charge in [-0.05, 0) is 53.9 Å². The Morgan fingerprint density at radius 2 is 2.05 bits per heavy atom. The van der Waals surface area contributed by atoms with Crippen LogP contribution in [0.2, 0.25) is 0 Å². The molecular weight excluding hydrogens is 329 g/mol. The minimum Gasteiger partial charge on any atom is -0.480 e. The number of amides is 1. The van der Waals surface area contributed by atoms with Crippen molar-refractivity contribution in [1.82, 2.24) is 5.32 Å². The Bertz CT molecular complexity index is 531. The molecule has 1 aromatic carbocycles. The number of carboxylic acids is 1. The molecule has 0 fully saturated rings. The molecule has 0 aromatic heterocycles. The first-order chi connectivity index (χ1) is 9.13. The van der Waals surface area contributed by atoms with Crippen LogP contribution in [0, 0.1) is 11.7 Å². The van der Waals surface area contributed by atoms with E-state index in [2.05, 4.69) is 21.2 Å². The Labute approximate surface area is 125 Å². The average molecular weight is 346 g/mol. The standard InChI is InChI=1S/C14H17BrFNO3/c1-8(12(18)17-14(2,3)13(19)20)6-9-4-5-11(16)10(15)7-9/h4-5,7-8H,6H2,1-3H3,(H,17,18)(H,19,20). The van der Waals surface area contributed by atoms with Crippen LogP contribution in [0.25, 0.3) is 0 Å². The van der Waals surface area contributed by atoms with Crippen LogP contribution in [-0.2, 0) is 16.0 Å². The smallest absolute Gasteiger partial charge is 0.328 e. The molecule has 110 valence electrons. The Kier molecular flexibility index (Phi) is 5.28. The van der Waals surface area contributed by atoms with Crippen LogP contribution in [0.4, 0.5) is 4.39 Å². The van der Waals surface area contributed by atoms with Crippen molar-refractivity contribution >= 4 is 27.8 Å². The summed E-state index contributed by atoms with van der Waals surface area (Å²) >= 11 is 3.09. The van der Waals surface area contributed by atoms with E-state index in [1.165, 1.54) is 19.9 Å². The SMILES string of the molecule is CC(Cc1ccc(F)c(Br)c1)C(=O)NC(C)(C)C(=O)O. The van der Waals surface area contributed by atoms with Gasteiger partial charge in [0.15, 0.2) is 0 Å². The molecule has 1 unspecified atom stereocenters. The van der Waals surface area contributed by atoms with Gasteiger partial charge in [-0.3, -0.25) is 4.79 Å². The molecule has 1 aromatic rings. The molecule has 2 N–H and O–H groups in total. The van der Waals surface area contributed by atoms with Crippen molar-refractivity contribution in [2.75, 3.05) is 0 Å². The Hall–Kier alpha value is -1.43. The maximum atomic E-state index is 13.1. The molecular formula is C14H17BrFNO3. The number of aliphatic carboxylic acids is 1. The van der Waals surface area contributed by atoms with Gasteiger partial charge in [0, 0.05) is 5.92 Å². The molecule has 6 heteroatoms. The minimum absolute atomic E-state index is 0.341. The number of carboxylic acid groups (broad SMARTS) is 1. The summed E-state index contributed by atoms with van der Waals surface area (Å²) in [6, 6.07) is 4.54. The normalized spacial score (nSPS) is 12.8. The van der Waals surface area contributed by atoms with Crippen molar-refractivity contribution in [2.24, 2.45) is 5.92 Å². The van der Waals surface area contributed by atoms with Crippen LogP contribution in [-0.4, -0.2) is 22.5 Å². The molecule has 0 spiro atoms. The van der Waals surface area contributed by atoms with Crippen LogP contribution in [0.1, 0.15) is 26.3 Å². The van der Waals surface area contributed by atoms with Gasteiger partial charge in [0.1, 0.15) is 11.4 Å². The van der Waals surface area contributed by atoms with E-state index in [0.717, 1.165) is 5.56 Å². The summed E-state index contributed by atoms with van der Waals surface area (Å²) in [6.07, 6.45) is 0.403. The van der Waals surface area contributed by atoms with E-state index in [1.54, 1.807) is 19.1 Å². The molecule has 1 amide bonds. The van der Waals surface area contributed by atoms with E-state index in [1.807, 2.05) is 0 Å². The van der Waals surface area contributed by atoms with Crippen molar-refractivity contribution in [3.8, 4) is 0 Å². The molecule has 0 radical (unpaired) electrons. The highest BCUT2D eigenvalue weighted by Crippen LogP contribution is 2.19. The molecule has 0 aliphatic rings. The third-order valence-electron chi connectivity index (χ3n) is 2.94. The van der Waals surface area contributed by atoms with Gasteiger partial charge in [-0.2, -0.15) is 0 Å². The van der Waals surface area contributed by atoms with Crippen LogP contribution in [0.5, 0.6) is 0 Å². The second-order valence-electron chi connectivity index (χ2n) is 5.27. The number of carbonyl (C=O) groups is 2. The van der Waals surface area contributed by atoms with Crippen LogP contribution >= 0.6 is 15.9 Å². The number of carbonyl (C=O) groups excluding carboxylic acids is 1. The highest BCUT2D eigenvalue weighted by Gasteiger charge is 2.30. The summed E-state index contributed by atoms with van der Waals surface area (Å²) in [5.74, 6) is -2.22. The Balaban J connectivity index is 2.71. The monoisotopic (exact) mass is 345 g/mol. The maximum Gasteiger partial charge on any atom is 0.328 e. The first-order valence-corrected chi connectivity index (χ1v) is 6.92. The molecule has 0 bridgehead atoms. The van der Waals surface area contributed by atoms with E-state index in [9.17, 15) is 14.0 Å². The van der Waals surface area contributed by atoms with Crippen LogP contribution < -0.4 is 5.32 Å². The van der Waals surface area contributed by atoms with Gasteiger partial charge in [-0.25, -0.2) is 9.18 Å². The second-order valence-corrected chi connectivity index (χ2v) is 6.13. The topological polar surface area (TPSA) is 66.4 Å². The highest BCUT2D eigenvalue weighted by molar-refractivity contribution is 9.10. The Morgan fingerprint density at radius 1 is 1.45 bits per heavy atom. The largest absolute Gasteiger partial charge is 0.480 e. The Morgan fingerprint density at radius 3 is 2.55 bits per heavy atom. The van der Waals surface area contributed by atoms with E-state index in [4.69, 9.17) is 5.11 Å². The van der Waals surface area contributed by atoms with Crippen molar-refractivity contribution in [2.45, 2.75) is 32.7 Å². The predicted octanol–water partition coefficient (Wildman–Crippen LogP) is 2.75. The van der Waals surface area contributed by atoms with Crippen molar-refractivity contribution in [3.63, 3.8) is 0 Å². The molecule has 0 aliphatic heterocycles. The van der Waals surface area contributed by atoms with Gasteiger partial charge in [-0.1, -0.05) is 13.0 Å². The quantitative estimate of drug-likeness (QED) is 0.862. The van der Waals surface area contributed by atoms with Gasteiger partial charge in [-0.15, -0.1) is 0 Å². The average Bonchev–Trinajstić information content (AvgIpc) is 2.33. The van der Waals surface area contributed by atoms with E-state index >= 15 is 0 Å². The van der Waals surface area contributed by atoms with Gasteiger partial charge in [0.25, 0.3) is 0 Å². The third kappa shape index (κ3) is 4.30. The lowest BCUT2D eigenvalue weighted by Crippen LogP contribution is -2.51. The fourth-order valence-electron chi connectivity index (χ4n) is 1.60. The van der Waals surface area contributed by atoms with Gasteiger partial charge in [0.05, 0.1) is 4.47 Å². The lowest BCUT2D eigenvalue weighted by molar-refractivity contribution is -0.146. The fraction of sp³-hybridized carbons (Fsp3) is 0.429. The maximum absolute atomic E-state index is 13.1. The predicted molar refractivity (Wildman–Crippen MR) is 76.8 cm³/mol. The zero-order valence-electron chi connectivity index (χ0n) is 11.5. The molecule has 0 aliphatic carbocycles. The fourth-order valence-corrected chi connectivity index (χ4v) is 2.02. The summed E-state index contributed by atoms with van der Waals surface area (Å²) < 4.78 is 13.5. The zero-order chi connectivity index (χ0) is 15.5. The van der Waals surface area contributed by atoms with E-state index in [0.29, 0.717) is 10.9 Å². The number of hydrogen-bond donors (Lipinski definition) is 2. The first-order valence-electron chi connectivity index (χ1n) is 6.13. The van der Waals surface area contributed by atoms with Gasteiger partial charge in [0.2, 0.25) is 5.91 Å². The zero-order valence-corrected chi connectivity index (χ0v) is 13.1. The van der Waals surface area contributed by atoms with Crippen molar-refractivity contribution in [1.29, 1.82) is 0 Å². The molecule has 0 heterocycles. The number of benzene rings is 1. The lowest BCUT2D eigenvalue weighted by atomic mass is 9.98. The first kappa shape index (κ1) is 16.6. The second kappa shape index (κ2) is 6.35. The van der Waals surface area contributed by atoms with E-state index < -0.39 is 17.4 Å². The van der Waals surface area contributed by atoms with Gasteiger partial charge >= 0.3 is 5.97 Å². The molecule has 1 atom stereocenters. The van der Waals surface area contributed by atoms with Gasteiger partial charge < -0.3 is 10.4 Å². The van der Waals surface area contributed by atoms with Crippen LogP contribution in [0.3, 0.4) is 0 Å². The number of nitrogens with one attached hydrogen (secondary N) is 1. The molecule has 0 saturated heterocycles. The van der Waals surface area contributed by atoms with Crippen molar-refractivity contribution in [3.05, 3.63) is 34.1 Å². The summed E-state index contributed by atoms with van der Waals surface area (Å²) in [6.45, 7) is 4.55. The summed E-state index contributed by atoms with van der Waals surface area (Å²) in [4.78, 5) is 22.9. The number of halogens is 2. The van der Waals surface area contributed by atoms with E-state index in [-0.39, 0.29) is 11.7 Å². The molecule has 1 rings (SSSR count). The molecule has 4 nitrogen and oxygen atoms in total. The molecule has 0 saturated carbocycles. The highest BCUT2D eigenvalue weighted by atomic mass is 79.9. The minimum atomic E-state index is -1.31. The lowest BCUT2D eigenvalue weighted by Gasteiger charge is -2.23. The third-order valence-corrected chi connectivity index (χ3v) is 3.55. The van der Waals surface area contributed by atoms with Crippen LogP contribution in [0.15, 0.2) is 22.7 Å². The summed E-state index contributed by atoms with van der Waals surface area (Å²) in [5, 5.41) is 11.4. The molecule has 20 heavy (non-hydrogen) atoms. The number of hydrogen-bond acceptors (Lipinski definition) is 2. The summed E-state index contributed by atoms with van der Waals surface area (Å²) in [7, 11) is 0. The van der Waals surface area contributed by atoms with Crippen molar-refractivity contribution < 1.29 is 19.1 Å². The summed E-state index contributed by atoms with van der Waals surface area (Å²) in [5.41, 5.74) is -0.511. The number of rotatable bonds is 5.